The normalized spacial score (nSPS) is 10.9. The number of benzene rings is 3. The van der Waals surface area contributed by atoms with Gasteiger partial charge in [-0.25, -0.2) is 4.98 Å². The molecule has 0 aliphatic heterocycles. The number of hydrogen-bond donors (Lipinski definition) is 1. The molecule has 0 saturated carbocycles. The zero-order valence-corrected chi connectivity index (χ0v) is 19.2. The molecular weight excluding hydrogens is 412 g/mol. The lowest BCUT2D eigenvalue weighted by Crippen LogP contribution is -2.27. The number of rotatable bonds is 7. The zero-order valence-electron chi connectivity index (χ0n) is 19.2. The Morgan fingerprint density at radius 2 is 1.61 bits per heavy atom. The summed E-state index contributed by atoms with van der Waals surface area (Å²) in [5, 5.41) is 3.50. The standard InChI is InChI=1S/C27H28N4O2/c1-4-30(5-2)25-17-23-22(16-24(25)29-26(32)21-14-10-7-11-15-21)27(33)31(19(3)28-23)18-20-12-8-6-9-13-20/h6-17H,4-5,18H2,1-3H3,(H,29,32). The molecule has 0 atom stereocenters. The summed E-state index contributed by atoms with van der Waals surface area (Å²) >= 11 is 0. The molecule has 0 aliphatic rings. The van der Waals surface area contributed by atoms with Crippen molar-refractivity contribution in [2.75, 3.05) is 23.3 Å². The van der Waals surface area contributed by atoms with E-state index in [1.54, 1.807) is 22.8 Å². The van der Waals surface area contributed by atoms with Crippen molar-refractivity contribution in [1.29, 1.82) is 0 Å². The fourth-order valence-corrected chi connectivity index (χ4v) is 4.03. The minimum Gasteiger partial charge on any atom is -0.370 e. The zero-order chi connectivity index (χ0) is 23.4. The lowest BCUT2D eigenvalue weighted by atomic mass is 10.1. The fraction of sp³-hybridized carbons (Fsp3) is 0.222. The van der Waals surface area contributed by atoms with Gasteiger partial charge in [0.15, 0.2) is 0 Å². The van der Waals surface area contributed by atoms with Gasteiger partial charge in [-0.3, -0.25) is 14.2 Å². The minimum absolute atomic E-state index is 0.123. The van der Waals surface area contributed by atoms with E-state index in [-0.39, 0.29) is 11.5 Å². The van der Waals surface area contributed by atoms with Crippen LogP contribution in [0.5, 0.6) is 0 Å². The third-order valence-corrected chi connectivity index (χ3v) is 5.83. The molecule has 6 heteroatoms. The molecule has 0 fully saturated rings. The van der Waals surface area contributed by atoms with Gasteiger partial charge < -0.3 is 10.2 Å². The molecule has 1 heterocycles. The van der Waals surface area contributed by atoms with Gasteiger partial charge in [0.2, 0.25) is 0 Å². The summed E-state index contributed by atoms with van der Waals surface area (Å²) in [7, 11) is 0. The first-order valence-corrected chi connectivity index (χ1v) is 11.2. The Balaban J connectivity index is 1.84. The van der Waals surface area contributed by atoms with Crippen LogP contribution >= 0.6 is 0 Å². The topological polar surface area (TPSA) is 67.2 Å². The third kappa shape index (κ3) is 4.65. The van der Waals surface area contributed by atoms with Gasteiger partial charge in [-0.05, 0) is 50.6 Å². The second-order valence-corrected chi connectivity index (χ2v) is 7.91. The van der Waals surface area contributed by atoms with Crippen LogP contribution in [0.4, 0.5) is 11.4 Å². The smallest absolute Gasteiger partial charge is 0.261 e. The number of anilines is 2. The Hall–Kier alpha value is -3.93. The number of aryl methyl sites for hydroxylation is 1. The van der Waals surface area contributed by atoms with Crippen molar-refractivity contribution < 1.29 is 4.79 Å². The average molecular weight is 441 g/mol. The van der Waals surface area contributed by atoms with Crippen LogP contribution in [0.1, 0.15) is 35.6 Å². The van der Waals surface area contributed by atoms with Crippen LogP contribution in [0.15, 0.2) is 77.6 Å². The third-order valence-electron chi connectivity index (χ3n) is 5.83. The van der Waals surface area contributed by atoms with E-state index in [1.807, 2.05) is 61.5 Å². The number of fused-ring (bicyclic) bond motifs is 1. The highest BCUT2D eigenvalue weighted by Crippen LogP contribution is 2.30. The van der Waals surface area contributed by atoms with Crippen molar-refractivity contribution in [1.82, 2.24) is 9.55 Å². The monoisotopic (exact) mass is 440 g/mol. The van der Waals surface area contributed by atoms with E-state index in [0.29, 0.717) is 34.5 Å². The summed E-state index contributed by atoms with van der Waals surface area (Å²) in [6, 6.07) is 22.6. The van der Waals surface area contributed by atoms with E-state index < -0.39 is 0 Å². The lowest BCUT2D eigenvalue weighted by Gasteiger charge is -2.25. The number of carbonyl (C=O) groups excluding carboxylic acids is 1. The molecule has 33 heavy (non-hydrogen) atoms. The highest BCUT2D eigenvalue weighted by atomic mass is 16.1. The van der Waals surface area contributed by atoms with Gasteiger partial charge in [0.25, 0.3) is 11.5 Å². The number of hydrogen-bond acceptors (Lipinski definition) is 4. The Kier molecular flexibility index (Phi) is 6.54. The van der Waals surface area contributed by atoms with Crippen LogP contribution in [0.3, 0.4) is 0 Å². The first-order valence-electron chi connectivity index (χ1n) is 11.2. The number of aromatic nitrogens is 2. The van der Waals surface area contributed by atoms with Crippen LogP contribution in [-0.2, 0) is 6.54 Å². The number of carbonyl (C=O) groups is 1. The lowest BCUT2D eigenvalue weighted by molar-refractivity contribution is 0.102. The summed E-state index contributed by atoms with van der Waals surface area (Å²) in [5.41, 5.74) is 3.55. The van der Waals surface area contributed by atoms with Crippen LogP contribution in [-0.4, -0.2) is 28.5 Å². The van der Waals surface area contributed by atoms with Gasteiger partial charge in [-0.15, -0.1) is 0 Å². The van der Waals surface area contributed by atoms with E-state index >= 15 is 0 Å². The number of nitrogens with zero attached hydrogens (tertiary/aromatic N) is 3. The first kappa shape index (κ1) is 22.3. The quantitative estimate of drug-likeness (QED) is 0.446. The molecule has 0 bridgehead atoms. The second-order valence-electron chi connectivity index (χ2n) is 7.91. The molecule has 0 spiro atoms. The van der Waals surface area contributed by atoms with E-state index in [1.165, 1.54) is 0 Å². The van der Waals surface area contributed by atoms with Crippen molar-refractivity contribution in [3.63, 3.8) is 0 Å². The van der Waals surface area contributed by atoms with Crippen LogP contribution in [0, 0.1) is 6.92 Å². The van der Waals surface area contributed by atoms with Gasteiger partial charge in [-0.2, -0.15) is 0 Å². The number of amides is 1. The van der Waals surface area contributed by atoms with Gasteiger partial charge in [0.1, 0.15) is 5.82 Å². The van der Waals surface area contributed by atoms with Crippen LogP contribution < -0.4 is 15.8 Å². The van der Waals surface area contributed by atoms with Gasteiger partial charge in [0, 0.05) is 18.7 Å². The molecule has 1 aromatic heterocycles. The van der Waals surface area contributed by atoms with Gasteiger partial charge >= 0.3 is 0 Å². The van der Waals surface area contributed by atoms with E-state index in [9.17, 15) is 9.59 Å². The van der Waals surface area contributed by atoms with Crippen LogP contribution in [0.25, 0.3) is 10.9 Å². The summed E-state index contributed by atoms with van der Waals surface area (Å²) in [6.07, 6.45) is 0. The molecule has 0 radical (unpaired) electrons. The van der Waals surface area contributed by atoms with Crippen molar-refractivity contribution in [3.8, 4) is 0 Å². The van der Waals surface area contributed by atoms with E-state index in [4.69, 9.17) is 4.98 Å². The second kappa shape index (κ2) is 9.69. The Morgan fingerprint density at radius 1 is 0.970 bits per heavy atom. The Labute approximate surface area is 193 Å². The molecule has 0 unspecified atom stereocenters. The molecular formula is C27H28N4O2. The average Bonchev–Trinajstić information content (AvgIpc) is 2.84. The highest BCUT2D eigenvalue weighted by molar-refractivity contribution is 6.07. The van der Waals surface area contributed by atoms with Gasteiger partial charge in [0.05, 0.1) is 28.8 Å². The maximum atomic E-state index is 13.5. The van der Waals surface area contributed by atoms with Gasteiger partial charge in [-0.1, -0.05) is 48.5 Å². The SMILES string of the molecule is CCN(CC)c1cc2nc(C)n(Cc3ccccc3)c(=O)c2cc1NC(=O)c1ccccc1. The molecule has 1 N–H and O–H groups in total. The minimum atomic E-state index is -0.215. The molecule has 1 amide bonds. The predicted octanol–water partition coefficient (Wildman–Crippen LogP) is 4.85. The molecule has 168 valence electrons. The Bertz CT molecular complexity index is 1330. The maximum absolute atomic E-state index is 13.5. The molecule has 4 aromatic rings. The fourth-order valence-electron chi connectivity index (χ4n) is 4.03. The van der Waals surface area contributed by atoms with Crippen molar-refractivity contribution >= 4 is 28.2 Å². The summed E-state index contributed by atoms with van der Waals surface area (Å²) in [6.45, 7) is 7.95. The molecule has 0 saturated heterocycles. The van der Waals surface area contributed by atoms with Crippen molar-refractivity contribution in [3.05, 3.63) is 100 Å². The number of nitrogens with one attached hydrogen (secondary N) is 1. The largest absolute Gasteiger partial charge is 0.370 e. The maximum Gasteiger partial charge on any atom is 0.261 e. The molecule has 3 aromatic carbocycles. The van der Waals surface area contributed by atoms with E-state index in [0.717, 1.165) is 24.3 Å². The van der Waals surface area contributed by atoms with Crippen molar-refractivity contribution in [2.45, 2.75) is 27.3 Å². The molecule has 6 nitrogen and oxygen atoms in total. The molecule has 4 rings (SSSR count). The predicted molar refractivity (Wildman–Crippen MR) is 134 cm³/mol. The Morgan fingerprint density at radius 3 is 2.24 bits per heavy atom. The van der Waals surface area contributed by atoms with E-state index in [2.05, 4.69) is 24.1 Å². The highest BCUT2D eigenvalue weighted by Gasteiger charge is 2.17. The van der Waals surface area contributed by atoms with Crippen LogP contribution in [0.2, 0.25) is 0 Å². The first-order chi connectivity index (χ1) is 16.0. The van der Waals surface area contributed by atoms with Crippen molar-refractivity contribution in [2.24, 2.45) is 0 Å². The summed E-state index contributed by atoms with van der Waals surface area (Å²) in [4.78, 5) is 33.3. The summed E-state index contributed by atoms with van der Waals surface area (Å²) in [5.74, 6) is 0.441. The summed E-state index contributed by atoms with van der Waals surface area (Å²) < 4.78 is 1.68. The molecule has 0 aliphatic carbocycles.